The van der Waals surface area contributed by atoms with E-state index in [9.17, 15) is 4.57 Å². The molecule has 0 aliphatic carbocycles. The van der Waals surface area contributed by atoms with Gasteiger partial charge in [-0.25, -0.2) is 0 Å². The number of benzene rings is 1. The fourth-order valence-electron chi connectivity index (χ4n) is 1.05. The Labute approximate surface area is 102 Å². The van der Waals surface area contributed by atoms with Gasteiger partial charge in [0.05, 0.1) is 0 Å². The summed E-state index contributed by atoms with van der Waals surface area (Å²) in [5, 5.41) is 0. The monoisotopic (exact) mass is 208 g/mol. The molecule has 0 aliphatic rings. The molecular weight excluding hydrogens is 194 g/mol. The molecule has 0 heterocycles. The molecule has 4 heteroatoms. The van der Waals surface area contributed by atoms with Crippen molar-refractivity contribution in [1.29, 1.82) is 0 Å². The Bertz CT molecular complexity index is 264. The molecule has 0 fully saturated rings. The van der Waals surface area contributed by atoms with Crippen molar-refractivity contribution in [3.05, 3.63) is 35.9 Å². The molecule has 0 bridgehead atoms. The summed E-state index contributed by atoms with van der Waals surface area (Å²) >= 11 is 0. The molecule has 1 N–H and O–H groups in total. The molecule has 1 aromatic rings. The first-order valence-electron chi connectivity index (χ1n) is 3.97. The maximum atomic E-state index is 10.7. The van der Waals surface area contributed by atoms with Gasteiger partial charge in [0.25, 0.3) is 0 Å². The van der Waals surface area contributed by atoms with Crippen LogP contribution < -0.4 is 0 Å². The molecule has 2 atom stereocenters. The van der Waals surface area contributed by atoms with Crippen LogP contribution >= 0.6 is 8.03 Å². The van der Waals surface area contributed by atoms with E-state index in [1.165, 1.54) is 0 Å². The van der Waals surface area contributed by atoms with Crippen molar-refractivity contribution < 1.29 is 9.46 Å². The van der Waals surface area contributed by atoms with Gasteiger partial charge in [-0.05, 0) is 12.0 Å². The molecule has 1 rings (SSSR count). The van der Waals surface area contributed by atoms with Crippen molar-refractivity contribution in [2.75, 3.05) is 0 Å². The molecule has 13 heavy (non-hydrogen) atoms. The van der Waals surface area contributed by atoms with E-state index in [1.807, 2.05) is 30.3 Å². The third-order valence-electron chi connectivity index (χ3n) is 1.81. The predicted octanol–water partition coefficient (Wildman–Crippen LogP) is 1.44. The zero-order valence-electron chi connectivity index (χ0n) is 7.03. The van der Waals surface area contributed by atoms with E-state index in [0.29, 0.717) is 6.42 Å². The van der Waals surface area contributed by atoms with Gasteiger partial charge < -0.3 is 4.89 Å². The van der Waals surface area contributed by atoms with Crippen LogP contribution in [-0.2, 0) is 11.0 Å². The van der Waals surface area contributed by atoms with Gasteiger partial charge in [-0.2, -0.15) is 0 Å². The topological polar surface area (TPSA) is 37.3 Å². The molecule has 2 unspecified atom stereocenters. The molecule has 0 saturated heterocycles. The zero-order valence-corrected chi connectivity index (χ0v) is 8.03. The zero-order chi connectivity index (χ0) is 8.97. The Morgan fingerprint density at radius 1 is 1.38 bits per heavy atom. The van der Waals surface area contributed by atoms with Gasteiger partial charge in [0, 0.05) is 5.66 Å². The fourth-order valence-corrected chi connectivity index (χ4v) is 1.47. The Hall–Kier alpha value is 0.410. The van der Waals surface area contributed by atoms with Gasteiger partial charge in [-0.3, -0.25) is 4.57 Å². The van der Waals surface area contributed by atoms with Gasteiger partial charge in [0.15, 0.2) is 8.03 Å². The molecule has 68 valence electrons. The van der Waals surface area contributed by atoms with E-state index in [2.05, 4.69) is 0 Å². The average Bonchev–Trinajstić information content (AvgIpc) is 2.06. The summed E-state index contributed by atoms with van der Waals surface area (Å²) in [5.74, 6) is 0. The van der Waals surface area contributed by atoms with E-state index >= 15 is 0 Å². The summed E-state index contributed by atoms with van der Waals surface area (Å²) in [6.07, 6.45) is 0.690. The van der Waals surface area contributed by atoms with Crippen molar-refractivity contribution in [2.45, 2.75) is 19.0 Å². The average molecular weight is 208 g/mol. The number of hydrogen-bond donors (Lipinski definition) is 1. The van der Waals surface area contributed by atoms with Gasteiger partial charge >= 0.3 is 29.6 Å². The van der Waals surface area contributed by atoms with Crippen LogP contribution in [0.25, 0.3) is 0 Å². The minimum atomic E-state index is -2.36. The molecule has 0 spiro atoms. The van der Waals surface area contributed by atoms with Crippen molar-refractivity contribution in [2.24, 2.45) is 0 Å². The number of rotatable bonds is 3. The van der Waals surface area contributed by atoms with E-state index in [4.69, 9.17) is 4.89 Å². The Balaban J connectivity index is 0.00000144. The second-order valence-electron chi connectivity index (χ2n) is 2.93. The fraction of sp³-hybridized carbons (Fsp3) is 0.333. The summed E-state index contributed by atoms with van der Waals surface area (Å²) < 4.78 is 10.7. The second-order valence-corrected chi connectivity index (χ2v) is 4.59. The van der Waals surface area contributed by atoms with E-state index < -0.39 is 8.03 Å². The molecule has 1 aromatic carbocycles. The van der Waals surface area contributed by atoms with E-state index in [0.717, 1.165) is 5.56 Å². The summed E-state index contributed by atoms with van der Waals surface area (Å²) in [5.41, 5.74) is 1.01. The molecule has 2 nitrogen and oxygen atoms in total. The van der Waals surface area contributed by atoms with Crippen LogP contribution in [0.3, 0.4) is 0 Å². The first-order chi connectivity index (χ1) is 5.70. The SMILES string of the molecule is CC(Cc1ccccc1)[PH](=O)O.[NaH]. The van der Waals surface area contributed by atoms with Crippen LogP contribution in [-0.4, -0.2) is 40.1 Å². The Kier molecular flexibility index (Phi) is 7.02. The summed E-state index contributed by atoms with van der Waals surface area (Å²) in [6.45, 7) is 1.80. The molecule has 0 aromatic heterocycles. The van der Waals surface area contributed by atoms with Crippen LogP contribution in [0.4, 0.5) is 0 Å². The van der Waals surface area contributed by atoms with Crippen LogP contribution in [0.15, 0.2) is 30.3 Å². The standard InChI is InChI=1S/C9H13O2P.Na.H/c1-8(12(10)11)7-9-5-3-2-4-6-9;;/h2-6,8,12H,7H2,1H3,(H,10,11);;. The maximum absolute atomic E-state index is 10.7. The Morgan fingerprint density at radius 3 is 2.38 bits per heavy atom. The third kappa shape index (κ3) is 4.99. The van der Waals surface area contributed by atoms with Crippen molar-refractivity contribution >= 4 is 37.6 Å². The Morgan fingerprint density at radius 2 is 1.92 bits per heavy atom. The van der Waals surface area contributed by atoms with Crippen LogP contribution in [0.2, 0.25) is 0 Å². The van der Waals surface area contributed by atoms with Crippen molar-refractivity contribution in [3.8, 4) is 0 Å². The first kappa shape index (κ1) is 13.4. The first-order valence-corrected chi connectivity index (χ1v) is 5.40. The van der Waals surface area contributed by atoms with Gasteiger partial charge in [-0.15, -0.1) is 0 Å². The summed E-state index contributed by atoms with van der Waals surface area (Å²) in [4.78, 5) is 8.83. The summed E-state index contributed by atoms with van der Waals surface area (Å²) in [6, 6.07) is 9.77. The second kappa shape index (κ2) is 6.80. The molecule has 0 aliphatic heterocycles. The van der Waals surface area contributed by atoms with Crippen molar-refractivity contribution in [3.63, 3.8) is 0 Å². The van der Waals surface area contributed by atoms with Crippen LogP contribution in [0.5, 0.6) is 0 Å². The van der Waals surface area contributed by atoms with Crippen LogP contribution in [0.1, 0.15) is 12.5 Å². The van der Waals surface area contributed by atoms with Gasteiger partial charge in [0.2, 0.25) is 0 Å². The van der Waals surface area contributed by atoms with Gasteiger partial charge in [-0.1, -0.05) is 37.3 Å². The number of hydrogen-bond acceptors (Lipinski definition) is 1. The molecule has 0 amide bonds. The predicted molar refractivity (Wildman–Crippen MR) is 58.0 cm³/mol. The van der Waals surface area contributed by atoms with Crippen LogP contribution in [0, 0.1) is 0 Å². The van der Waals surface area contributed by atoms with E-state index in [-0.39, 0.29) is 35.2 Å². The third-order valence-corrected chi connectivity index (χ3v) is 2.85. The quantitative estimate of drug-likeness (QED) is 0.602. The van der Waals surface area contributed by atoms with Crippen molar-refractivity contribution in [1.82, 2.24) is 0 Å². The molecular formula is C9H14NaO2P. The summed E-state index contributed by atoms with van der Waals surface area (Å²) in [7, 11) is -2.36. The molecule has 0 saturated carbocycles. The normalized spacial score (nSPS) is 14.3. The minimum absolute atomic E-state index is 0. The van der Waals surface area contributed by atoms with E-state index in [1.54, 1.807) is 6.92 Å². The molecule has 0 radical (unpaired) electrons. The van der Waals surface area contributed by atoms with Gasteiger partial charge in [0.1, 0.15) is 0 Å².